The van der Waals surface area contributed by atoms with E-state index in [9.17, 15) is 22.8 Å². The number of halogens is 5. The summed E-state index contributed by atoms with van der Waals surface area (Å²) in [6, 6.07) is 3.91. The van der Waals surface area contributed by atoms with Gasteiger partial charge in [-0.1, -0.05) is 23.7 Å². The van der Waals surface area contributed by atoms with Crippen LogP contribution in [0.4, 0.5) is 13.2 Å². The average Bonchev–Trinajstić information content (AvgIpc) is 2.51. The molecule has 0 aliphatic heterocycles. The van der Waals surface area contributed by atoms with E-state index in [1.165, 1.54) is 13.0 Å². The van der Waals surface area contributed by atoms with E-state index in [0.29, 0.717) is 0 Å². The van der Waals surface area contributed by atoms with Gasteiger partial charge in [0.1, 0.15) is 5.02 Å². The summed E-state index contributed by atoms with van der Waals surface area (Å²) in [6.45, 7) is 1.45. The highest BCUT2D eigenvalue weighted by Crippen LogP contribution is 2.34. The van der Waals surface area contributed by atoms with Crippen molar-refractivity contribution in [1.29, 1.82) is 0 Å². The summed E-state index contributed by atoms with van der Waals surface area (Å²) in [6.07, 6.45) is -4.61. The van der Waals surface area contributed by atoms with Crippen molar-refractivity contribution >= 4 is 29.2 Å². The summed E-state index contributed by atoms with van der Waals surface area (Å²) in [5, 5.41) is -1.10. The number of esters is 1. The van der Waals surface area contributed by atoms with Gasteiger partial charge in [-0.2, -0.15) is 13.2 Å². The minimum Gasteiger partial charge on any atom is -0.462 e. The molecular weight excluding hydrogens is 372 g/mol. The second-order valence-corrected chi connectivity index (χ2v) is 5.24. The van der Waals surface area contributed by atoms with Crippen molar-refractivity contribution in [2.75, 3.05) is 6.61 Å². The van der Waals surface area contributed by atoms with Crippen LogP contribution in [0.1, 0.15) is 22.8 Å². The van der Waals surface area contributed by atoms with Crippen LogP contribution in [-0.4, -0.2) is 12.6 Å². The lowest BCUT2D eigenvalue weighted by Crippen LogP contribution is -2.19. The molecule has 4 nitrogen and oxygen atoms in total. The molecule has 0 saturated carbocycles. The second kappa shape index (κ2) is 6.86. The fraction of sp³-hybridized carbons (Fsp3) is 0.200. The third-order valence-electron chi connectivity index (χ3n) is 2.95. The van der Waals surface area contributed by atoms with E-state index in [2.05, 4.69) is 0 Å². The summed E-state index contributed by atoms with van der Waals surface area (Å²) >= 11 is 11.3. The van der Waals surface area contributed by atoms with Gasteiger partial charge >= 0.3 is 12.1 Å². The number of hydrogen-bond donors (Lipinski definition) is 0. The quantitative estimate of drug-likeness (QED) is 0.717. The number of rotatable bonds is 3. The molecule has 0 aliphatic carbocycles. The van der Waals surface area contributed by atoms with E-state index in [1.807, 2.05) is 0 Å². The van der Waals surface area contributed by atoms with E-state index in [0.717, 1.165) is 18.2 Å². The highest BCUT2D eigenvalue weighted by Gasteiger charge is 2.32. The van der Waals surface area contributed by atoms with Gasteiger partial charge < -0.3 is 9.15 Å². The minimum atomic E-state index is -4.61. The third kappa shape index (κ3) is 3.57. The molecule has 0 N–H and O–H groups in total. The molecule has 0 saturated heterocycles. The molecule has 0 bridgehead atoms. The van der Waals surface area contributed by atoms with Crippen LogP contribution in [0.2, 0.25) is 10.2 Å². The van der Waals surface area contributed by atoms with E-state index in [4.69, 9.17) is 32.4 Å². The summed E-state index contributed by atoms with van der Waals surface area (Å²) in [5.41, 5.74) is -2.75. The lowest BCUT2D eigenvalue weighted by atomic mass is 10.0. The van der Waals surface area contributed by atoms with Crippen LogP contribution in [0.5, 0.6) is 0 Å². The maximum atomic E-state index is 12.9. The van der Waals surface area contributed by atoms with Crippen molar-refractivity contribution in [3.8, 4) is 11.3 Å². The zero-order valence-corrected chi connectivity index (χ0v) is 13.6. The van der Waals surface area contributed by atoms with Crippen molar-refractivity contribution in [3.63, 3.8) is 0 Å². The summed E-state index contributed by atoms with van der Waals surface area (Å²) in [5.74, 6) is -1.52. The Kier molecular flexibility index (Phi) is 5.25. The number of benzene rings is 1. The number of alkyl halides is 3. The fourth-order valence-corrected chi connectivity index (χ4v) is 2.21. The minimum absolute atomic E-state index is 0.0550. The Morgan fingerprint density at radius 2 is 1.96 bits per heavy atom. The van der Waals surface area contributed by atoms with E-state index < -0.39 is 44.7 Å². The molecule has 24 heavy (non-hydrogen) atoms. The SMILES string of the molecule is CCOC(=O)c1c(-c2cccc(C(F)(F)F)c2)oc(Cl)c(Cl)c1=O. The van der Waals surface area contributed by atoms with Crippen molar-refractivity contribution < 1.29 is 27.1 Å². The zero-order valence-electron chi connectivity index (χ0n) is 12.0. The Balaban J connectivity index is 2.75. The van der Waals surface area contributed by atoms with Gasteiger partial charge in [0.15, 0.2) is 11.3 Å². The molecule has 128 valence electrons. The van der Waals surface area contributed by atoms with Crippen molar-refractivity contribution in [2.24, 2.45) is 0 Å². The topological polar surface area (TPSA) is 56.5 Å². The van der Waals surface area contributed by atoms with Gasteiger partial charge in [0.25, 0.3) is 0 Å². The molecule has 0 radical (unpaired) electrons. The standard InChI is InChI=1S/C15H9Cl2F3O4/c1-2-23-14(22)9-11(21)10(16)13(17)24-12(9)7-4-3-5-8(6-7)15(18,19)20/h3-6H,2H2,1H3. The first-order valence-electron chi connectivity index (χ1n) is 6.53. The van der Waals surface area contributed by atoms with Crippen LogP contribution in [0.3, 0.4) is 0 Å². The van der Waals surface area contributed by atoms with Crippen LogP contribution in [0.25, 0.3) is 11.3 Å². The summed E-state index contributed by atoms with van der Waals surface area (Å²) in [7, 11) is 0. The maximum absolute atomic E-state index is 12.9. The van der Waals surface area contributed by atoms with Crippen molar-refractivity contribution in [1.82, 2.24) is 0 Å². The van der Waals surface area contributed by atoms with E-state index >= 15 is 0 Å². The second-order valence-electron chi connectivity index (χ2n) is 4.52. The average molecular weight is 381 g/mol. The predicted octanol–water partition coefficient (Wildman–Crippen LogP) is 4.81. The molecule has 0 aliphatic rings. The Hall–Kier alpha value is -1.99. The Bertz CT molecular complexity index is 844. The van der Waals surface area contributed by atoms with Gasteiger partial charge in [-0.15, -0.1) is 0 Å². The highest BCUT2D eigenvalue weighted by molar-refractivity contribution is 6.41. The largest absolute Gasteiger partial charge is 0.462 e. The normalized spacial score (nSPS) is 11.4. The monoisotopic (exact) mass is 380 g/mol. The van der Waals surface area contributed by atoms with Crippen molar-refractivity contribution in [3.05, 3.63) is 55.9 Å². The number of carbonyl (C=O) groups excluding carboxylic acids is 1. The summed E-state index contributed by atoms with van der Waals surface area (Å²) in [4.78, 5) is 24.2. The molecule has 0 spiro atoms. The molecule has 1 aromatic heterocycles. The maximum Gasteiger partial charge on any atom is 0.416 e. The first kappa shape index (κ1) is 18.4. The third-order valence-corrected chi connectivity index (χ3v) is 3.66. The van der Waals surface area contributed by atoms with Gasteiger partial charge in [0.2, 0.25) is 10.6 Å². The molecule has 0 unspecified atom stereocenters. The van der Waals surface area contributed by atoms with E-state index in [-0.39, 0.29) is 12.2 Å². The molecule has 0 fully saturated rings. The Morgan fingerprint density at radius 3 is 2.54 bits per heavy atom. The van der Waals surface area contributed by atoms with Crippen molar-refractivity contribution in [2.45, 2.75) is 13.1 Å². The Morgan fingerprint density at radius 1 is 1.29 bits per heavy atom. The number of carbonyl (C=O) groups is 1. The van der Waals surface area contributed by atoms with Gasteiger partial charge in [-0.3, -0.25) is 4.79 Å². The van der Waals surface area contributed by atoms with Crippen LogP contribution < -0.4 is 5.43 Å². The van der Waals surface area contributed by atoms with Crippen LogP contribution in [0, 0.1) is 0 Å². The Labute approximate surface area is 143 Å². The summed E-state index contributed by atoms with van der Waals surface area (Å²) < 4.78 is 48.4. The first-order chi connectivity index (χ1) is 11.2. The van der Waals surface area contributed by atoms with Gasteiger partial charge in [0, 0.05) is 5.56 Å². The number of hydrogen-bond acceptors (Lipinski definition) is 4. The first-order valence-corrected chi connectivity index (χ1v) is 7.29. The molecule has 2 aromatic rings. The molecule has 1 heterocycles. The lowest BCUT2D eigenvalue weighted by molar-refractivity contribution is -0.137. The van der Waals surface area contributed by atoms with Crippen LogP contribution >= 0.6 is 23.2 Å². The molecular formula is C15H9Cl2F3O4. The van der Waals surface area contributed by atoms with Crippen LogP contribution in [-0.2, 0) is 10.9 Å². The zero-order chi connectivity index (χ0) is 18.1. The molecule has 0 amide bonds. The van der Waals surface area contributed by atoms with Gasteiger partial charge in [-0.05, 0) is 30.7 Å². The van der Waals surface area contributed by atoms with Gasteiger partial charge in [-0.25, -0.2) is 4.79 Å². The smallest absolute Gasteiger partial charge is 0.416 e. The van der Waals surface area contributed by atoms with Crippen LogP contribution in [0.15, 0.2) is 33.5 Å². The molecule has 0 atom stereocenters. The fourth-order valence-electron chi connectivity index (χ4n) is 1.92. The van der Waals surface area contributed by atoms with E-state index in [1.54, 1.807) is 0 Å². The molecule has 2 rings (SSSR count). The predicted molar refractivity (Wildman–Crippen MR) is 81.4 cm³/mol. The number of ether oxygens (including phenoxy) is 1. The van der Waals surface area contributed by atoms with Gasteiger partial charge in [0.05, 0.1) is 12.2 Å². The molecule has 1 aromatic carbocycles. The highest BCUT2D eigenvalue weighted by atomic mass is 35.5. The molecule has 9 heteroatoms. The lowest BCUT2D eigenvalue weighted by Gasteiger charge is -2.11.